The van der Waals surface area contributed by atoms with Crippen LogP contribution >= 0.6 is 0 Å². The number of rotatable bonds is 5. The van der Waals surface area contributed by atoms with E-state index in [-0.39, 0.29) is 5.91 Å². The lowest BCUT2D eigenvalue weighted by Gasteiger charge is -2.17. The van der Waals surface area contributed by atoms with Crippen molar-refractivity contribution in [2.75, 3.05) is 12.4 Å². The van der Waals surface area contributed by atoms with Crippen LogP contribution in [0.4, 0.5) is 5.69 Å². The van der Waals surface area contributed by atoms with Crippen LogP contribution in [-0.2, 0) is 16.1 Å². The van der Waals surface area contributed by atoms with Gasteiger partial charge in [-0.2, -0.15) is 0 Å². The van der Waals surface area contributed by atoms with E-state index in [4.69, 9.17) is 0 Å². The third-order valence-corrected chi connectivity index (χ3v) is 4.54. The van der Waals surface area contributed by atoms with Crippen LogP contribution in [0.5, 0.6) is 0 Å². The van der Waals surface area contributed by atoms with Crippen LogP contribution in [-0.4, -0.2) is 34.5 Å². The average Bonchev–Trinajstić information content (AvgIpc) is 2.98. The number of hydrogen-bond donors (Lipinski definition) is 2. The Balaban J connectivity index is 1.86. The van der Waals surface area contributed by atoms with Crippen LogP contribution in [0.2, 0.25) is 0 Å². The van der Waals surface area contributed by atoms with Crippen LogP contribution in [0.25, 0.3) is 10.9 Å². The van der Waals surface area contributed by atoms with E-state index in [0.29, 0.717) is 23.5 Å². The molecule has 6 nitrogen and oxygen atoms in total. The normalized spacial score (nSPS) is 10.6. The van der Waals surface area contributed by atoms with Gasteiger partial charge in [-0.3, -0.25) is 14.4 Å². The van der Waals surface area contributed by atoms with E-state index in [1.165, 1.54) is 11.8 Å². The second-order valence-corrected chi connectivity index (χ2v) is 6.49. The molecule has 1 aromatic heterocycles. The lowest BCUT2D eigenvalue weighted by molar-refractivity contribution is -0.128. The summed E-state index contributed by atoms with van der Waals surface area (Å²) in [5, 5.41) is 3.42. The Morgan fingerprint density at radius 3 is 2.44 bits per heavy atom. The Bertz CT molecular complexity index is 1040. The lowest BCUT2D eigenvalue weighted by atomic mass is 10.1. The molecule has 2 amide bonds. The van der Waals surface area contributed by atoms with Crippen molar-refractivity contribution in [1.82, 2.24) is 9.88 Å². The van der Waals surface area contributed by atoms with Gasteiger partial charge in [0.05, 0.1) is 5.56 Å². The molecule has 2 N–H and O–H groups in total. The van der Waals surface area contributed by atoms with E-state index in [9.17, 15) is 14.4 Å². The molecular formula is C21H21N3O3. The summed E-state index contributed by atoms with van der Waals surface area (Å²) in [6.45, 7) is 3.59. The maximum absolute atomic E-state index is 12.8. The highest BCUT2D eigenvalue weighted by atomic mass is 16.2. The second kappa shape index (κ2) is 7.45. The molecule has 0 atom stereocenters. The van der Waals surface area contributed by atoms with Crippen LogP contribution in [0, 0.1) is 6.92 Å². The minimum Gasteiger partial charge on any atom is -0.358 e. The number of H-pyrrole nitrogens is 1. The number of Topliss-reactive ketones (excluding diaryl/α,β-unsaturated/α-hetero) is 1. The van der Waals surface area contributed by atoms with Gasteiger partial charge in [-0.25, -0.2) is 0 Å². The maximum atomic E-state index is 12.8. The summed E-state index contributed by atoms with van der Waals surface area (Å²) in [5.74, 6) is -1.39. The largest absolute Gasteiger partial charge is 0.358 e. The minimum atomic E-state index is -0.708. The van der Waals surface area contributed by atoms with Gasteiger partial charge in [0.1, 0.15) is 0 Å². The number of hydrogen-bond acceptors (Lipinski definition) is 3. The first-order valence-corrected chi connectivity index (χ1v) is 8.61. The van der Waals surface area contributed by atoms with Gasteiger partial charge in [0, 0.05) is 42.8 Å². The van der Waals surface area contributed by atoms with Crippen molar-refractivity contribution in [3.63, 3.8) is 0 Å². The molecule has 0 saturated heterocycles. The highest BCUT2D eigenvalue weighted by Crippen LogP contribution is 2.23. The monoisotopic (exact) mass is 363 g/mol. The van der Waals surface area contributed by atoms with Crippen LogP contribution in [0.3, 0.4) is 0 Å². The van der Waals surface area contributed by atoms with E-state index in [1.54, 1.807) is 26.1 Å². The number of ketones is 1. The lowest BCUT2D eigenvalue weighted by Crippen LogP contribution is -2.26. The molecule has 27 heavy (non-hydrogen) atoms. The fourth-order valence-electron chi connectivity index (χ4n) is 3.01. The standard InChI is InChI=1S/C21H21N3O3/c1-13-19(16-9-5-7-11-18(16)22-13)20(26)21(27)23-17-10-6-4-8-15(17)12-24(3)14(2)25/h4-11,22H,12H2,1-3H3,(H,23,27). The molecule has 0 fully saturated rings. The van der Waals surface area contributed by atoms with E-state index < -0.39 is 11.7 Å². The van der Waals surface area contributed by atoms with Gasteiger partial charge in [-0.15, -0.1) is 0 Å². The quantitative estimate of drug-likeness (QED) is 0.539. The summed E-state index contributed by atoms with van der Waals surface area (Å²) in [6.07, 6.45) is 0. The van der Waals surface area contributed by atoms with Crippen LogP contribution in [0.1, 0.15) is 28.5 Å². The number of carbonyl (C=O) groups excluding carboxylic acids is 3. The van der Waals surface area contributed by atoms with Gasteiger partial charge in [0.15, 0.2) is 0 Å². The zero-order valence-electron chi connectivity index (χ0n) is 15.5. The van der Waals surface area contributed by atoms with E-state index in [0.717, 1.165) is 16.5 Å². The predicted octanol–water partition coefficient (Wildman–Crippen LogP) is 3.28. The first-order chi connectivity index (χ1) is 12.9. The number of aromatic amines is 1. The molecule has 3 aromatic rings. The summed E-state index contributed by atoms with van der Waals surface area (Å²) >= 11 is 0. The van der Waals surface area contributed by atoms with Crippen molar-refractivity contribution in [2.24, 2.45) is 0 Å². The number of carbonyl (C=O) groups is 3. The number of nitrogens with one attached hydrogen (secondary N) is 2. The first-order valence-electron chi connectivity index (χ1n) is 8.61. The Hall–Kier alpha value is -3.41. The molecule has 0 aliphatic carbocycles. The van der Waals surface area contributed by atoms with Gasteiger partial charge in [-0.1, -0.05) is 36.4 Å². The molecule has 0 aliphatic rings. The smallest absolute Gasteiger partial charge is 0.296 e. The number of anilines is 1. The van der Waals surface area contributed by atoms with E-state index in [2.05, 4.69) is 10.3 Å². The molecule has 0 spiro atoms. The number of aryl methyl sites for hydroxylation is 1. The van der Waals surface area contributed by atoms with Gasteiger partial charge >= 0.3 is 0 Å². The third-order valence-electron chi connectivity index (χ3n) is 4.54. The molecule has 0 unspecified atom stereocenters. The van der Waals surface area contributed by atoms with E-state index >= 15 is 0 Å². The van der Waals surface area contributed by atoms with Gasteiger partial charge in [0.25, 0.3) is 11.7 Å². The van der Waals surface area contributed by atoms with Crippen LogP contribution < -0.4 is 5.32 Å². The summed E-state index contributed by atoms with van der Waals surface area (Å²) in [7, 11) is 1.68. The van der Waals surface area contributed by atoms with Crippen molar-refractivity contribution in [1.29, 1.82) is 0 Å². The van der Waals surface area contributed by atoms with Crippen LogP contribution in [0.15, 0.2) is 48.5 Å². The first kappa shape index (κ1) is 18.4. The molecule has 1 heterocycles. The predicted molar refractivity (Wildman–Crippen MR) is 105 cm³/mol. The number of nitrogens with zero attached hydrogens (tertiary/aromatic N) is 1. The van der Waals surface area contributed by atoms with Crippen molar-refractivity contribution in [3.05, 3.63) is 65.4 Å². The second-order valence-electron chi connectivity index (χ2n) is 6.49. The highest BCUT2D eigenvalue weighted by molar-refractivity contribution is 6.48. The number of amides is 2. The summed E-state index contributed by atoms with van der Waals surface area (Å²) in [4.78, 5) is 41.6. The van der Waals surface area contributed by atoms with Gasteiger partial charge in [0.2, 0.25) is 5.91 Å². The minimum absolute atomic E-state index is 0.0818. The molecule has 0 saturated carbocycles. The number of benzene rings is 2. The fraction of sp³-hybridized carbons (Fsp3) is 0.190. The number of fused-ring (bicyclic) bond motifs is 1. The van der Waals surface area contributed by atoms with Crippen molar-refractivity contribution in [2.45, 2.75) is 20.4 Å². The van der Waals surface area contributed by atoms with Gasteiger partial charge in [-0.05, 0) is 24.6 Å². The van der Waals surface area contributed by atoms with E-state index in [1.807, 2.05) is 36.4 Å². The Morgan fingerprint density at radius 2 is 1.70 bits per heavy atom. The third kappa shape index (κ3) is 3.74. The molecule has 138 valence electrons. The topological polar surface area (TPSA) is 82.3 Å². The molecular weight excluding hydrogens is 342 g/mol. The Labute approximate surface area is 157 Å². The van der Waals surface area contributed by atoms with Crippen molar-refractivity contribution >= 4 is 34.2 Å². The molecule has 6 heteroatoms. The summed E-state index contributed by atoms with van der Waals surface area (Å²) in [6, 6.07) is 14.5. The summed E-state index contributed by atoms with van der Waals surface area (Å²) in [5.41, 5.74) is 3.12. The molecule has 3 rings (SSSR count). The zero-order valence-corrected chi connectivity index (χ0v) is 15.5. The Morgan fingerprint density at radius 1 is 1.04 bits per heavy atom. The van der Waals surface area contributed by atoms with Crippen molar-refractivity contribution in [3.8, 4) is 0 Å². The molecule has 0 aliphatic heterocycles. The van der Waals surface area contributed by atoms with Crippen molar-refractivity contribution < 1.29 is 14.4 Å². The average molecular weight is 363 g/mol. The number of aromatic nitrogens is 1. The molecule has 0 bridgehead atoms. The highest BCUT2D eigenvalue weighted by Gasteiger charge is 2.23. The summed E-state index contributed by atoms with van der Waals surface area (Å²) < 4.78 is 0. The number of para-hydroxylation sites is 2. The fourth-order valence-corrected chi connectivity index (χ4v) is 3.01. The zero-order chi connectivity index (χ0) is 19.6. The SMILES string of the molecule is CC(=O)N(C)Cc1ccccc1NC(=O)C(=O)c1c(C)[nH]c2ccccc12. The maximum Gasteiger partial charge on any atom is 0.296 e. The molecule has 2 aromatic carbocycles. The Kier molecular flexibility index (Phi) is 5.07. The molecule has 0 radical (unpaired) electrons. The van der Waals surface area contributed by atoms with Gasteiger partial charge < -0.3 is 15.2 Å².